The van der Waals surface area contributed by atoms with Gasteiger partial charge >= 0.3 is 6.18 Å². The van der Waals surface area contributed by atoms with Gasteiger partial charge in [0.25, 0.3) is 0 Å². The van der Waals surface area contributed by atoms with Gasteiger partial charge in [0, 0.05) is 18.1 Å². The first-order valence-corrected chi connectivity index (χ1v) is 9.32. The van der Waals surface area contributed by atoms with Gasteiger partial charge in [0.1, 0.15) is 5.82 Å². The van der Waals surface area contributed by atoms with Crippen LogP contribution in [0.2, 0.25) is 0 Å². The van der Waals surface area contributed by atoms with Crippen molar-refractivity contribution in [2.24, 2.45) is 0 Å². The van der Waals surface area contributed by atoms with Crippen molar-refractivity contribution in [3.05, 3.63) is 70.5 Å². The summed E-state index contributed by atoms with van der Waals surface area (Å²) in [6.07, 6.45) is -1.20. The molecule has 0 spiro atoms. The molecule has 2 aromatic heterocycles. The van der Waals surface area contributed by atoms with E-state index in [0.29, 0.717) is 16.2 Å². The number of halogens is 4. The van der Waals surface area contributed by atoms with Gasteiger partial charge in [-0.3, -0.25) is 5.10 Å². The lowest BCUT2D eigenvalue weighted by Gasteiger charge is -2.14. The van der Waals surface area contributed by atoms with E-state index < -0.39 is 11.7 Å². The molecule has 0 aliphatic rings. The zero-order chi connectivity index (χ0) is 20.4. The van der Waals surface area contributed by atoms with Crippen LogP contribution in [0.1, 0.15) is 11.1 Å². The second kappa shape index (κ2) is 7.70. The van der Waals surface area contributed by atoms with Crippen LogP contribution in [-0.2, 0) is 12.7 Å². The first-order chi connectivity index (χ1) is 13.9. The number of anilines is 3. The van der Waals surface area contributed by atoms with Crippen LogP contribution in [0.3, 0.4) is 0 Å². The molecule has 4 aromatic rings. The van der Waals surface area contributed by atoms with Gasteiger partial charge in [0.15, 0.2) is 0 Å². The Morgan fingerprint density at radius 2 is 1.86 bits per heavy atom. The molecule has 3 N–H and O–H groups in total. The number of nitrogens with zero attached hydrogens (tertiary/aromatic N) is 3. The fourth-order valence-corrected chi connectivity index (χ4v) is 3.21. The highest BCUT2D eigenvalue weighted by Crippen LogP contribution is 2.32. The van der Waals surface area contributed by atoms with Crippen LogP contribution in [0.15, 0.2) is 59.3 Å². The SMILES string of the molecule is FC(F)(F)c1ccccc1CNc1nc(Nc2cccc3[nH]ncc23)ncc1Br. The molecular weight excluding hydrogens is 449 g/mol. The molecule has 29 heavy (non-hydrogen) atoms. The number of rotatable bonds is 5. The molecule has 2 aromatic carbocycles. The topological polar surface area (TPSA) is 78.5 Å². The normalized spacial score (nSPS) is 11.6. The minimum atomic E-state index is -4.42. The minimum Gasteiger partial charge on any atom is -0.365 e. The molecule has 2 heterocycles. The fourth-order valence-electron chi connectivity index (χ4n) is 2.88. The van der Waals surface area contributed by atoms with E-state index in [2.05, 4.69) is 46.7 Å². The summed E-state index contributed by atoms with van der Waals surface area (Å²) in [4.78, 5) is 8.59. The van der Waals surface area contributed by atoms with E-state index in [-0.39, 0.29) is 12.1 Å². The van der Waals surface area contributed by atoms with Gasteiger partial charge in [0.05, 0.1) is 27.4 Å². The van der Waals surface area contributed by atoms with E-state index in [1.165, 1.54) is 18.3 Å². The zero-order valence-electron chi connectivity index (χ0n) is 14.8. The quantitative estimate of drug-likeness (QED) is 0.365. The summed E-state index contributed by atoms with van der Waals surface area (Å²) < 4.78 is 40.1. The maximum atomic E-state index is 13.2. The largest absolute Gasteiger partial charge is 0.416 e. The first-order valence-electron chi connectivity index (χ1n) is 8.52. The zero-order valence-corrected chi connectivity index (χ0v) is 16.3. The summed E-state index contributed by atoms with van der Waals surface area (Å²) in [5, 5.41) is 13.8. The van der Waals surface area contributed by atoms with Crippen molar-refractivity contribution in [1.29, 1.82) is 0 Å². The number of H-pyrrole nitrogens is 1. The second-order valence-electron chi connectivity index (χ2n) is 6.16. The average molecular weight is 463 g/mol. The molecule has 0 saturated heterocycles. The second-order valence-corrected chi connectivity index (χ2v) is 7.01. The molecule has 10 heteroatoms. The highest BCUT2D eigenvalue weighted by atomic mass is 79.9. The molecule has 0 unspecified atom stereocenters. The Balaban J connectivity index is 1.56. The predicted molar refractivity (Wildman–Crippen MR) is 108 cm³/mol. The minimum absolute atomic E-state index is 0.0396. The van der Waals surface area contributed by atoms with Crippen LogP contribution in [0.25, 0.3) is 10.9 Å². The molecule has 0 atom stereocenters. The number of alkyl halides is 3. The smallest absolute Gasteiger partial charge is 0.365 e. The van der Waals surface area contributed by atoms with Crippen molar-refractivity contribution >= 4 is 44.3 Å². The van der Waals surface area contributed by atoms with E-state index in [9.17, 15) is 13.2 Å². The third-order valence-electron chi connectivity index (χ3n) is 4.24. The number of benzene rings is 2. The molecule has 0 aliphatic carbocycles. The number of fused-ring (bicyclic) bond motifs is 1. The maximum absolute atomic E-state index is 13.2. The van der Waals surface area contributed by atoms with Crippen LogP contribution in [0, 0.1) is 0 Å². The van der Waals surface area contributed by atoms with Crippen LogP contribution in [0.4, 0.5) is 30.6 Å². The first kappa shape index (κ1) is 19.2. The molecule has 6 nitrogen and oxygen atoms in total. The lowest BCUT2D eigenvalue weighted by atomic mass is 10.1. The fraction of sp³-hybridized carbons (Fsp3) is 0.105. The standard InChI is InChI=1S/C19H14BrF3N6/c20-14-10-25-18(27-15-6-3-7-16-12(15)9-26-29-16)28-17(14)24-8-11-4-1-2-5-13(11)19(21,22)23/h1-7,9-10H,8H2,(H,26,29)(H2,24,25,27,28). The van der Waals surface area contributed by atoms with Crippen LogP contribution < -0.4 is 10.6 Å². The van der Waals surface area contributed by atoms with Gasteiger partial charge in [-0.05, 0) is 39.7 Å². The Morgan fingerprint density at radius 1 is 1.03 bits per heavy atom. The van der Waals surface area contributed by atoms with E-state index in [1.54, 1.807) is 12.3 Å². The Bertz CT molecular complexity index is 1160. The Morgan fingerprint density at radius 3 is 2.69 bits per heavy atom. The molecule has 0 radical (unpaired) electrons. The Kier molecular flexibility index (Phi) is 5.10. The molecule has 148 valence electrons. The van der Waals surface area contributed by atoms with Gasteiger partial charge in [-0.25, -0.2) is 4.98 Å². The molecule has 0 bridgehead atoms. The van der Waals surface area contributed by atoms with Crippen molar-refractivity contribution < 1.29 is 13.2 Å². The molecular formula is C19H14BrF3N6. The molecule has 0 fully saturated rings. The van der Waals surface area contributed by atoms with Crippen molar-refractivity contribution in [3.8, 4) is 0 Å². The van der Waals surface area contributed by atoms with Gasteiger partial charge in [-0.1, -0.05) is 24.3 Å². The van der Waals surface area contributed by atoms with E-state index in [4.69, 9.17) is 0 Å². The van der Waals surface area contributed by atoms with Gasteiger partial charge in [-0.2, -0.15) is 23.3 Å². The highest BCUT2D eigenvalue weighted by molar-refractivity contribution is 9.10. The van der Waals surface area contributed by atoms with E-state index >= 15 is 0 Å². The van der Waals surface area contributed by atoms with Gasteiger partial charge < -0.3 is 10.6 Å². The third-order valence-corrected chi connectivity index (χ3v) is 4.82. The van der Waals surface area contributed by atoms with Gasteiger partial charge in [-0.15, -0.1) is 0 Å². The summed E-state index contributed by atoms with van der Waals surface area (Å²) in [7, 11) is 0. The van der Waals surface area contributed by atoms with Crippen molar-refractivity contribution in [3.63, 3.8) is 0 Å². The molecule has 0 aliphatic heterocycles. The Labute approximate surface area is 171 Å². The number of nitrogens with one attached hydrogen (secondary N) is 3. The number of aromatic amines is 1. The van der Waals surface area contributed by atoms with Crippen LogP contribution >= 0.6 is 15.9 Å². The average Bonchev–Trinajstić information content (AvgIpc) is 3.18. The van der Waals surface area contributed by atoms with Crippen LogP contribution in [0.5, 0.6) is 0 Å². The van der Waals surface area contributed by atoms with Crippen LogP contribution in [-0.4, -0.2) is 20.2 Å². The summed E-state index contributed by atoms with van der Waals surface area (Å²) >= 11 is 3.33. The molecule has 0 amide bonds. The van der Waals surface area contributed by atoms with Crippen molar-refractivity contribution in [2.75, 3.05) is 10.6 Å². The molecule has 4 rings (SSSR count). The highest BCUT2D eigenvalue weighted by Gasteiger charge is 2.32. The van der Waals surface area contributed by atoms with E-state index in [1.807, 2.05) is 18.2 Å². The van der Waals surface area contributed by atoms with Gasteiger partial charge in [0.2, 0.25) is 5.95 Å². The summed E-state index contributed by atoms with van der Waals surface area (Å²) in [5.74, 6) is 0.673. The predicted octanol–water partition coefficient (Wildman–Crippen LogP) is 5.49. The number of aromatic nitrogens is 4. The Hall–Kier alpha value is -3.14. The monoisotopic (exact) mass is 462 g/mol. The lowest BCUT2D eigenvalue weighted by Crippen LogP contribution is -2.12. The maximum Gasteiger partial charge on any atom is 0.416 e. The van der Waals surface area contributed by atoms with Crippen molar-refractivity contribution in [2.45, 2.75) is 12.7 Å². The summed E-state index contributed by atoms with van der Waals surface area (Å²) in [6, 6.07) is 11.0. The number of hydrogen-bond donors (Lipinski definition) is 3. The van der Waals surface area contributed by atoms with E-state index in [0.717, 1.165) is 22.7 Å². The number of hydrogen-bond acceptors (Lipinski definition) is 5. The van der Waals surface area contributed by atoms with Crippen molar-refractivity contribution in [1.82, 2.24) is 20.2 Å². The summed E-state index contributed by atoms with van der Waals surface area (Å²) in [5.41, 5.74) is 1.06. The third kappa shape index (κ3) is 4.16. The lowest BCUT2D eigenvalue weighted by molar-refractivity contribution is -0.138. The molecule has 0 saturated carbocycles. The summed E-state index contributed by atoms with van der Waals surface area (Å²) in [6.45, 7) is -0.0396.